The van der Waals surface area contributed by atoms with Crippen LogP contribution in [-0.2, 0) is 4.74 Å². The van der Waals surface area contributed by atoms with E-state index in [2.05, 4.69) is 10.0 Å². The summed E-state index contributed by atoms with van der Waals surface area (Å²) < 4.78 is 4.99. The van der Waals surface area contributed by atoms with Crippen LogP contribution in [0.4, 0.5) is 5.69 Å². The zero-order valence-electron chi connectivity index (χ0n) is 8.85. The van der Waals surface area contributed by atoms with Gasteiger partial charge in [-0.2, -0.15) is 0 Å². The molecule has 1 rings (SSSR count). The van der Waals surface area contributed by atoms with Crippen LogP contribution in [0.5, 0.6) is 0 Å². The molecule has 1 aromatic carbocycles. The summed E-state index contributed by atoms with van der Waals surface area (Å²) in [5.74, 6) is -0.471. The molecule has 0 unspecified atom stereocenters. The molecule has 0 saturated carbocycles. The first-order valence-corrected chi connectivity index (χ1v) is 4.98. The van der Waals surface area contributed by atoms with Crippen LogP contribution in [0.1, 0.15) is 24.2 Å². The number of esters is 1. The molecule has 0 bridgehead atoms. The quantitative estimate of drug-likeness (QED) is 0.348. The topological polar surface area (TPSA) is 75.1 Å². The number of carbonyl (C=O) groups is 1. The summed E-state index contributed by atoms with van der Waals surface area (Å²) in [6.07, 6.45) is -0.203. The highest BCUT2D eigenvalue weighted by atomic mass is 35.5. The predicted octanol–water partition coefficient (Wildman–Crippen LogP) is 3.85. The molecule has 0 fully saturated rings. The van der Waals surface area contributed by atoms with Crippen molar-refractivity contribution in [3.05, 3.63) is 39.2 Å². The Hall–Kier alpha value is -1.71. The third-order valence-corrected chi connectivity index (χ3v) is 2.00. The summed E-state index contributed by atoms with van der Waals surface area (Å²) in [6.45, 7) is 3.50. The Balaban J connectivity index is 3.02. The zero-order chi connectivity index (χ0) is 12.1. The van der Waals surface area contributed by atoms with E-state index < -0.39 is 5.97 Å². The van der Waals surface area contributed by atoms with Gasteiger partial charge in [-0.25, -0.2) is 4.79 Å². The maximum Gasteiger partial charge on any atom is 0.338 e. The third-order valence-electron chi connectivity index (χ3n) is 1.68. The second-order valence-corrected chi connectivity index (χ2v) is 3.72. The summed E-state index contributed by atoms with van der Waals surface area (Å²) >= 11 is 5.77. The molecule has 0 aromatic heterocycles. The molecule has 0 heterocycles. The molecule has 0 amide bonds. The lowest BCUT2D eigenvalue weighted by Crippen LogP contribution is -2.11. The maximum atomic E-state index is 11.5. The number of azide groups is 1. The smallest absolute Gasteiger partial charge is 0.338 e. The highest BCUT2D eigenvalue weighted by Crippen LogP contribution is 2.26. The van der Waals surface area contributed by atoms with E-state index in [9.17, 15) is 4.79 Å². The van der Waals surface area contributed by atoms with Crippen LogP contribution in [-0.4, -0.2) is 12.1 Å². The number of hydrogen-bond acceptors (Lipinski definition) is 3. The van der Waals surface area contributed by atoms with Gasteiger partial charge < -0.3 is 4.74 Å². The average molecular weight is 240 g/mol. The van der Waals surface area contributed by atoms with Crippen LogP contribution in [0.15, 0.2) is 23.3 Å². The van der Waals surface area contributed by atoms with E-state index in [1.165, 1.54) is 18.2 Å². The molecule has 0 aliphatic carbocycles. The molecule has 5 nitrogen and oxygen atoms in total. The first-order chi connectivity index (χ1) is 7.54. The predicted molar refractivity (Wildman–Crippen MR) is 60.8 cm³/mol. The number of hydrogen-bond donors (Lipinski definition) is 0. The van der Waals surface area contributed by atoms with E-state index >= 15 is 0 Å². The van der Waals surface area contributed by atoms with Gasteiger partial charge in [-0.1, -0.05) is 16.7 Å². The van der Waals surface area contributed by atoms with Crippen molar-refractivity contribution in [1.82, 2.24) is 0 Å². The van der Waals surface area contributed by atoms with E-state index in [0.29, 0.717) is 10.6 Å². The van der Waals surface area contributed by atoms with Gasteiger partial charge in [0.25, 0.3) is 0 Å². The molecule has 0 spiro atoms. The summed E-state index contributed by atoms with van der Waals surface area (Å²) in [5, 5.41) is 3.66. The second-order valence-electron chi connectivity index (χ2n) is 3.31. The van der Waals surface area contributed by atoms with Gasteiger partial charge in [0.1, 0.15) is 0 Å². The van der Waals surface area contributed by atoms with E-state index in [1.54, 1.807) is 13.8 Å². The van der Waals surface area contributed by atoms with Gasteiger partial charge in [-0.15, -0.1) is 0 Å². The standard InChI is InChI=1S/C10H10ClN3O2/c1-6(2)16-10(15)7-3-4-8(11)9(5-7)13-14-12/h3-6H,1-2H3. The molecule has 1 aromatic rings. The number of halogens is 1. The SMILES string of the molecule is CC(C)OC(=O)c1ccc(Cl)c(N=[N+]=[N-])c1. The van der Waals surface area contributed by atoms with E-state index in [4.69, 9.17) is 21.9 Å². The number of ether oxygens (including phenoxy) is 1. The highest BCUT2D eigenvalue weighted by Gasteiger charge is 2.10. The molecular weight excluding hydrogens is 230 g/mol. The molecule has 84 valence electrons. The summed E-state index contributed by atoms with van der Waals surface area (Å²) in [5.41, 5.74) is 8.82. The van der Waals surface area contributed by atoms with Crippen LogP contribution in [0.3, 0.4) is 0 Å². The minimum absolute atomic E-state index is 0.203. The van der Waals surface area contributed by atoms with Crippen molar-refractivity contribution in [3.8, 4) is 0 Å². The molecular formula is C10H10ClN3O2. The Morgan fingerprint density at radius 3 is 2.81 bits per heavy atom. The zero-order valence-corrected chi connectivity index (χ0v) is 9.60. The number of nitrogens with zero attached hydrogens (tertiary/aromatic N) is 3. The molecule has 0 aliphatic rings. The van der Waals surface area contributed by atoms with Gasteiger partial charge >= 0.3 is 5.97 Å². The number of benzene rings is 1. The van der Waals surface area contributed by atoms with Crippen molar-refractivity contribution >= 4 is 23.3 Å². The second kappa shape index (κ2) is 5.39. The van der Waals surface area contributed by atoms with Gasteiger partial charge in [0.05, 0.1) is 22.4 Å². The van der Waals surface area contributed by atoms with Crippen LogP contribution in [0, 0.1) is 0 Å². The molecule has 6 heteroatoms. The molecule has 0 saturated heterocycles. The van der Waals surface area contributed by atoms with E-state index in [0.717, 1.165) is 0 Å². The molecule has 16 heavy (non-hydrogen) atoms. The van der Waals surface area contributed by atoms with Crippen LogP contribution in [0.25, 0.3) is 10.4 Å². The van der Waals surface area contributed by atoms with Gasteiger partial charge in [-0.05, 0) is 37.6 Å². The van der Waals surface area contributed by atoms with Crippen molar-refractivity contribution < 1.29 is 9.53 Å². The number of rotatable bonds is 3. The van der Waals surface area contributed by atoms with E-state index in [-0.39, 0.29) is 11.8 Å². The van der Waals surface area contributed by atoms with Crippen molar-refractivity contribution in [1.29, 1.82) is 0 Å². The van der Waals surface area contributed by atoms with Crippen LogP contribution < -0.4 is 0 Å². The molecule has 0 aliphatic heterocycles. The lowest BCUT2D eigenvalue weighted by molar-refractivity contribution is 0.0378. The number of carbonyl (C=O) groups excluding carboxylic acids is 1. The fraction of sp³-hybridized carbons (Fsp3) is 0.300. The van der Waals surface area contributed by atoms with Crippen molar-refractivity contribution in [3.63, 3.8) is 0 Å². The first kappa shape index (κ1) is 12.4. The van der Waals surface area contributed by atoms with Crippen molar-refractivity contribution in [2.75, 3.05) is 0 Å². The molecule has 0 atom stereocenters. The summed E-state index contributed by atoms with van der Waals surface area (Å²) in [4.78, 5) is 14.1. The van der Waals surface area contributed by atoms with Crippen molar-refractivity contribution in [2.45, 2.75) is 20.0 Å². The van der Waals surface area contributed by atoms with Crippen molar-refractivity contribution in [2.24, 2.45) is 5.11 Å². The van der Waals surface area contributed by atoms with Gasteiger partial charge in [-0.3, -0.25) is 0 Å². The Labute approximate surface area is 97.6 Å². The minimum atomic E-state index is -0.471. The molecule has 0 N–H and O–H groups in total. The first-order valence-electron chi connectivity index (χ1n) is 4.60. The normalized spacial score (nSPS) is 9.75. The van der Waals surface area contributed by atoms with E-state index in [1.807, 2.05) is 0 Å². The van der Waals surface area contributed by atoms with Gasteiger partial charge in [0.2, 0.25) is 0 Å². The lowest BCUT2D eigenvalue weighted by atomic mass is 10.2. The Bertz CT molecular complexity index is 453. The fourth-order valence-electron chi connectivity index (χ4n) is 1.05. The Kier molecular flexibility index (Phi) is 4.17. The fourth-order valence-corrected chi connectivity index (χ4v) is 1.20. The maximum absolute atomic E-state index is 11.5. The Morgan fingerprint density at radius 1 is 1.56 bits per heavy atom. The minimum Gasteiger partial charge on any atom is -0.459 e. The highest BCUT2D eigenvalue weighted by molar-refractivity contribution is 6.33. The summed E-state index contributed by atoms with van der Waals surface area (Å²) in [6, 6.07) is 4.40. The Morgan fingerprint density at radius 2 is 2.25 bits per heavy atom. The van der Waals surface area contributed by atoms with Gasteiger partial charge in [0.15, 0.2) is 0 Å². The third kappa shape index (κ3) is 3.15. The summed E-state index contributed by atoms with van der Waals surface area (Å²) in [7, 11) is 0. The molecule has 0 radical (unpaired) electrons. The lowest BCUT2D eigenvalue weighted by Gasteiger charge is -2.08. The van der Waals surface area contributed by atoms with Crippen LogP contribution >= 0.6 is 11.6 Å². The van der Waals surface area contributed by atoms with Crippen LogP contribution in [0.2, 0.25) is 5.02 Å². The largest absolute Gasteiger partial charge is 0.459 e. The monoisotopic (exact) mass is 239 g/mol. The van der Waals surface area contributed by atoms with Gasteiger partial charge in [0, 0.05) is 4.91 Å². The average Bonchev–Trinajstić information content (AvgIpc) is 2.20.